The largest absolute Gasteiger partial charge is 0.496 e. The van der Waals surface area contributed by atoms with E-state index in [0.717, 1.165) is 24.4 Å². The van der Waals surface area contributed by atoms with Crippen molar-refractivity contribution < 1.29 is 9.47 Å². The highest BCUT2D eigenvalue weighted by Crippen LogP contribution is 2.32. The number of morpholine rings is 1. The average Bonchev–Trinajstić information content (AvgIpc) is 2.27. The number of para-hydroxylation sites is 1. The lowest BCUT2D eigenvalue weighted by molar-refractivity contribution is -0.0964. The fraction of sp³-hybridized carbons (Fsp3) is 0.538. The van der Waals surface area contributed by atoms with Gasteiger partial charge in [0.2, 0.25) is 0 Å². The molecule has 0 amide bonds. The number of hydrogen-bond acceptors (Lipinski definition) is 3. The van der Waals surface area contributed by atoms with E-state index >= 15 is 0 Å². The highest BCUT2D eigenvalue weighted by molar-refractivity contribution is 5.35. The van der Waals surface area contributed by atoms with Crippen molar-refractivity contribution in [2.24, 2.45) is 0 Å². The summed E-state index contributed by atoms with van der Waals surface area (Å²) in [7, 11) is 1.69. The van der Waals surface area contributed by atoms with Crippen LogP contribution < -0.4 is 10.1 Å². The molecule has 1 fully saturated rings. The summed E-state index contributed by atoms with van der Waals surface area (Å²) in [6.45, 7) is 5.92. The van der Waals surface area contributed by atoms with Crippen molar-refractivity contribution in [1.29, 1.82) is 0 Å². The molecule has 2 rings (SSSR count). The maximum absolute atomic E-state index is 6.06. The zero-order chi connectivity index (χ0) is 11.6. The van der Waals surface area contributed by atoms with Crippen LogP contribution in [-0.2, 0) is 4.74 Å². The van der Waals surface area contributed by atoms with E-state index in [1.807, 2.05) is 18.2 Å². The zero-order valence-electron chi connectivity index (χ0n) is 10.1. The third-order valence-electron chi connectivity index (χ3n) is 2.83. The van der Waals surface area contributed by atoms with Crippen LogP contribution in [0, 0.1) is 0 Å². The van der Waals surface area contributed by atoms with Crippen molar-refractivity contribution in [3.63, 3.8) is 0 Å². The lowest BCUT2D eigenvalue weighted by atomic mass is 10.0. The van der Waals surface area contributed by atoms with Gasteiger partial charge >= 0.3 is 0 Å². The summed E-state index contributed by atoms with van der Waals surface area (Å²) in [6.07, 6.45) is 0.0694. The highest BCUT2D eigenvalue weighted by Gasteiger charge is 2.30. The minimum atomic E-state index is -0.121. The van der Waals surface area contributed by atoms with Crippen molar-refractivity contribution >= 4 is 0 Å². The van der Waals surface area contributed by atoms with Gasteiger partial charge in [0.25, 0.3) is 0 Å². The van der Waals surface area contributed by atoms with Gasteiger partial charge in [0.1, 0.15) is 5.75 Å². The highest BCUT2D eigenvalue weighted by atomic mass is 16.5. The first kappa shape index (κ1) is 11.4. The normalized spacial score (nSPS) is 24.1. The SMILES string of the molecule is COc1ccccc1C1CNCC(C)(C)O1. The third-order valence-corrected chi connectivity index (χ3v) is 2.83. The molecule has 1 aromatic rings. The quantitative estimate of drug-likeness (QED) is 0.830. The zero-order valence-corrected chi connectivity index (χ0v) is 10.1. The van der Waals surface area contributed by atoms with Crippen molar-refractivity contribution in [2.45, 2.75) is 25.6 Å². The van der Waals surface area contributed by atoms with Crippen LogP contribution in [0.25, 0.3) is 0 Å². The van der Waals surface area contributed by atoms with E-state index in [1.54, 1.807) is 7.11 Å². The van der Waals surface area contributed by atoms with E-state index in [2.05, 4.69) is 25.2 Å². The van der Waals surface area contributed by atoms with Crippen LogP contribution in [0.3, 0.4) is 0 Å². The molecular weight excluding hydrogens is 202 g/mol. The van der Waals surface area contributed by atoms with Gasteiger partial charge in [0.15, 0.2) is 0 Å². The van der Waals surface area contributed by atoms with Gasteiger partial charge in [-0.1, -0.05) is 18.2 Å². The molecule has 0 bridgehead atoms. The summed E-state index contributed by atoms with van der Waals surface area (Å²) in [4.78, 5) is 0. The van der Waals surface area contributed by atoms with E-state index in [-0.39, 0.29) is 11.7 Å². The number of methoxy groups -OCH3 is 1. The molecule has 3 heteroatoms. The predicted octanol–water partition coefficient (Wildman–Crippen LogP) is 2.13. The number of benzene rings is 1. The molecular formula is C13H19NO2. The lowest BCUT2D eigenvalue weighted by Gasteiger charge is -2.37. The molecule has 1 aliphatic heterocycles. The summed E-state index contributed by atoms with van der Waals surface area (Å²) in [5, 5.41) is 3.39. The molecule has 0 aromatic heterocycles. The molecule has 1 N–H and O–H groups in total. The lowest BCUT2D eigenvalue weighted by Crippen LogP contribution is -2.46. The van der Waals surface area contributed by atoms with E-state index in [1.165, 1.54) is 0 Å². The molecule has 1 saturated heterocycles. The van der Waals surface area contributed by atoms with E-state index in [0.29, 0.717) is 0 Å². The maximum atomic E-state index is 6.06. The molecule has 1 heterocycles. The monoisotopic (exact) mass is 221 g/mol. The van der Waals surface area contributed by atoms with Gasteiger partial charge in [-0.25, -0.2) is 0 Å². The number of hydrogen-bond donors (Lipinski definition) is 1. The topological polar surface area (TPSA) is 30.5 Å². The Morgan fingerprint density at radius 3 is 2.81 bits per heavy atom. The second-order valence-electron chi connectivity index (χ2n) is 4.74. The Kier molecular flexibility index (Phi) is 3.17. The van der Waals surface area contributed by atoms with E-state index in [9.17, 15) is 0 Å². The van der Waals surface area contributed by atoms with Gasteiger partial charge in [0, 0.05) is 18.7 Å². The Morgan fingerprint density at radius 1 is 1.38 bits per heavy atom. The minimum Gasteiger partial charge on any atom is -0.496 e. The Labute approximate surface area is 96.8 Å². The molecule has 88 valence electrons. The fourth-order valence-corrected chi connectivity index (χ4v) is 2.08. The van der Waals surface area contributed by atoms with Gasteiger partial charge in [0.05, 0.1) is 18.8 Å². The molecule has 0 radical (unpaired) electrons. The Bertz CT molecular complexity index is 363. The van der Waals surface area contributed by atoms with Gasteiger partial charge in [-0.15, -0.1) is 0 Å². The first-order chi connectivity index (χ1) is 7.62. The van der Waals surface area contributed by atoms with Crippen molar-refractivity contribution in [3.05, 3.63) is 29.8 Å². The van der Waals surface area contributed by atoms with Gasteiger partial charge in [-0.3, -0.25) is 0 Å². The number of ether oxygens (including phenoxy) is 2. The van der Waals surface area contributed by atoms with E-state index in [4.69, 9.17) is 9.47 Å². The Hall–Kier alpha value is -1.06. The third kappa shape index (κ3) is 2.36. The molecule has 1 atom stereocenters. The first-order valence-corrected chi connectivity index (χ1v) is 5.64. The molecule has 1 unspecified atom stereocenters. The van der Waals surface area contributed by atoms with Crippen LogP contribution in [0.4, 0.5) is 0 Å². The van der Waals surface area contributed by atoms with Crippen LogP contribution >= 0.6 is 0 Å². The number of nitrogens with one attached hydrogen (secondary N) is 1. The van der Waals surface area contributed by atoms with Crippen LogP contribution in [0.2, 0.25) is 0 Å². The second kappa shape index (κ2) is 4.44. The van der Waals surface area contributed by atoms with Crippen LogP contribution in [0.15, 0.2) is 24.3 Å². The molecule has 0 saturated carbocycles. The molecule has 1 aromatic carbocycles. The van der Waals surface area contributed by atoms with Crippen molar-refractivity contribution in [2.75, 3.05) is 20.2 Å². The first-order valence-electron chi connectivity index (χ1n) is 5.64. The van der Waals surface area contributed by atoms with Crippen LogP contribution in [0.5, 0.6) is 5.75 Å². The van der Waals surface area contributed by atoms with E-state index < -0.39 is 0 Å². The summed E-state index contributed by atoms with van der Waals surface area (Å²) < 4.78 is 11.4. The molecule has 0 spiro atoms. The Balaban J connectivity index is 2.23. The van der Waals surface area contributed by atoms with Crippen LogP contribution in [0.1, 0.15) is 25.5 Å². The van der Waals surface area contributed by atoms with Crippen LogP contribution in [-0.4, -0.2) is 25.8 Å². The van der Waals surface area contributed by atoms with Crippen molar-refractivity contribution in [1.82, 2.24) is 5.32 Å². The van der Waals surface area contributed by atoms with Gasteiger partial charge in [-0.05, 0) is 19.9 Å². The molecule has 16 heavy (non-hydrogen) atoms. The summed E-state index contributed by atoms with van der Waals surface area (Å²) in [6, 6.07) is 8.03. The predicted molar refractivity (Wildman–Crippen MR) is 63.8 cm³/mol. The Morgan fingerprint density at radius 2 is 2.12 bits per heavy atom. The smallest absolute Gasteiger partial charge is 0.124 e. The number of rotatable bonds is 2. The second-order valence-corrected chi connectivity index (χ2v) is 4.74. The summed E-state index contributed by atoms with van der Waals surface area (Å²) in [5.41, 5.74) is 0.995. The molecule has 0 aliphatic carbocycles. The summed E-state index contributed by atoms with van der Waals surface area (Å²) in [5.74, 6) is 0.895. The summed E-state index contributed by atoms with van der Waals surface area (Å²) >= 11 is 0. The molecule has 1 aliphatic rings. The van der Waals surface area contributed by atoms with Crippen molar-refractivity contribution in [3.8, 4) is 5.75 Å². The average molecular weight is 221 g/mol. The minimum absolute atomic E-state index is 0.0694. The fourth-order valence-electron chi connectivity index (χ4n) is 2.08. The standard InChI is InChI=1S/C13H19NO2/c1-13(2)9-14-8-12(16-13)10-6-4-5-7-11(10)15-3/h4-7,12,14H,8-9H2,1-3H3. The maximum Gasteiger partial charge on any atom is 0.124 e. The van der Waals surface area contributed by atoms with Gasteiger partial charge in [-0.2, -0.15) is 0 Å². The molecule has 3 nitrogen and oxygen atoms in total. The van der Waals surface area contributed by atoms with Gasteiger partial charge < -0.3 is 14.8 Å².